The number of amides is 2. The number of carbonyl (C=O) groups excluding carboxylic acids is 2. The summed E-state index contributed by atoms with van der Waals surface area (Å²) in [6.07, 6.45) is 0. The molecule has 0 saturated carbocycles. The maximum atomic E-state index is 12.7. The van der Waals surface area contributed by atoms with Crippen LogP contribution in [-0.4, -0.2) is 18.9 Å². The number of carbonyl (C=O) groups is 2. The van der Waals surface area contributed by atoms with Crippen molar-refractivity contribution in [1.82, 2.24) is 0 Å². The van der Waals surface area contributed by atoms with E-state index in [0.717, 1.165) is 16.8 Å². The first kappa shape index (κ1) is 18.5. The van der Waals surface area contributed by atoms with Crippen molar-refractivity contribution in [2.75, 3.05) is 17.7 Å². The molecule has 2 aromatic rings. The lowest BCUT2D eigenvalue weighted by Gasteiger charge is -2.24. The van der Waals surface area contributed by atoms with Gasteiger partial charge in [-0.05, 0) is 63.1 Å². The molecule has 5 heteroatoms. The summed E-state index contributed by atoms with van der Waals surface area (Å²) in [7, 11) is 1.58. The third-order valence-electron chi connectivity index (χ3n) is 4.20. The Labute approximate surface area is 148 Å². The fourth-order valence-electron chi connectivity index (χ4n) is 2.35. The molecule has 0 fully saturated rings. The summed E-state index contributed by atoms with van der Waals surface area (Å²) in [6.45, 7) is 7.06. The Hall–Kier alpha value is -2.82. The summed E-state index contributed by atoms with van der Waals surface area (Å²) >= 11 is 0. The van der Waals surface area contributed by atoms with Gasteiger partial charge < -0.3 is 15.4 Å². The van der Waals surface area contributed by atoms with Gasteiger partial charge in [0.2, 0.25) is 11.8 Å². The zero-order valence-corrected chi connectivity index (χ0v) is 15.3. The quantitative estimate of drug-likeness (QED) is 0.811. The Morgan fingerprint density at radius 1 is 0.880 bits per heavy atom. The van der Waals surface area contributed by atoms with E-state index in [1.807, 2.05) is 32.0 Å². The molecule has 5 nitrogen and oxygen atoms in total. The molecule has 0 aliphatic rings. The molecule has 0 aliphatic heterocycles. The molecule has 25 heavy (non-hydrogen) atoms. The summed E-state index contributed by atoms with van der Waals surface area (Å²) in [4.78, 5) is 25.3. The number of methoxy groups -OCH3 is 1. The van der Waals surface area contributed by atoms with Gasteiger partial charge in [-0.2, -0.15) is 0 Å². The molecule has 2 amide bonds. The largest absolute Gasteiger partial charge is 0.497 e. The third kappa shape index (κ3) is 4.18. The average Bonchev–Trinajstić information content (AvgIpc) is 2.58. The second-order valence-corrected chi connectivity index (χ2v) is 6.53. The van der Waals surface area contributed by atoms with Crippen molar-refractivity contribution in [2.24, 2.45) is 5.41 Å². The third-order valence-corrected chi connectivity index (χ3v) is 4.20. The van der Waals surface area contributed by atoms with E-state index in [2.05, 4.69) is 10.6 Å². The van der Waals surface area contributed by atoms with E-state index in [9.17, 15) is 9.59 Å². The smallest absolute Gasteiger partial charge is 0.239 e. The summed E-state index contributed by atoms with van der Waals surface area (Å²) in [6, 6.07) is 12.7. The first-order valence-corrected chi connectivity index (χ1v) is 8.09. The number of aryl methyl sites for hydroxylation is 2. The maximum absolute atomic E-state index is 12.7. The Morgan fingerprint density at radius 3 is 1.92 bits per heavy atom. The van der Waals surface area contributed by atoms with Gasteiger partial charge in [0, 0.05) is 11.4 Å². The summed E-state index contributed by atoms with van der Waals surface area (Å²) in [5.74, 6) is -0.0256. The van der Waals surface area contributed by atoms with Gasteiger partial charge in [-0.25, -0.2) is 0 Å². The lowest BCUT2D eigenvalue weighted by atomic mass is 9.90. The van der Waals surface area contributed by atoms with Crippen LogP contribution in [0.1, 0.15) is 25.0 Å². The van der Waals surface area contributed by atoms with E-state index >= 15 is 0 Å². The van der Waals surface area contributed by atoms with Crippen LogP contribution in [0.15, 0.2) is 42.5 Å². The molecule has 0 radical (unpaired) electrons. The normalized spacial score (nSPS) is 10.9. The van der Waals surface area contributed by atoms with E-state index in [0.29, 0.717) is 11.4 Å². The zero-order chi connectivity index (χ0) is 18.6. The second kappa shape index (κ2) is 7.38. The van der Waals surface area contributed by atoms with E-state index < -0.39 is 5.41 Å². The number of para-hydroxylation sites is 1. The monoisotopic (exact) mass is 340 g/mol. The summed E-state index contributed by atoms with van der Waals surface area (Å²) < 4.78 is 5.09. The van der Waals surface area contributed by atoms with Crippen LogP contribution in [0.25, 0.3) is 0 Å². The van der Waals surface area contributed by atoms with E-state index in [4.69, 9.17) is 4.74 Å². The number of ether oxygens (including phenoxy) is 1. The predicted octanol–water partition coefficient (Wildman–Crippen LogP) is 3.92. The zero-order valence-electron chi connectivity index (χ0n) is 15.3. The highest BCUT2D eigenvalue weighted by molar-refractivity contribution is 6.14. The van der Waals surface area contributed by atoms with Crippen LogP contribution < -0.4 is 15.4 Å². The molecule has 0 bridgehead atoms. The highest BCUT2D eigenvalue weighted by atomic mass is 16.5. The van der Waals surface area contributed by atoms with Crippen LogP contribution in [0.3, 0.4) is 0 Å². The maximum Gasteiger partial charge on any atom is 0.239 e. The van der Waals surface area contributed by atoms with E-state index in [1.165, 1.54) is 0 Å². The van der Waals surface area contributed by atoms with Crippen LogP contribution in [0.2, 0.25) is 0 Å². The Kier molecular flexibility index (Phi) is 5.47. The fraction of sp³-hybridized carbons (Fsp3) is 0.300. The molecular weight excluding hydrogens is 316 g/mol. The van der Waals surface area contributed by atoms with E-state index in [1.54, 1.807) is 45.2 Å². The van der Waals surface area contributed by atoms with Crippen LogP contribution in [0, 0.1) is 19.3 Å². The predicted molar refractivity (Wildman–Crippen MR) is 100.0 cm³/mol. The van der Waals surface area contributed by atoms with Gasteiger partial charge in [0.25, 0.3) is 0 Å². The molecule has 0 atom stereocenters. The van der Waals surface area contributed by atoms with Gasteiger partial charge in [0.15, 0.2) is 0 Å². The Bertz CT molecular complexity index is 760. The van der Waals surface area contributed by atoms with Crippen molar-refractivity contribution in [1.29, 1.82) is 0 Å². The van der Waals surface area contributed by atoms with Crippen molar-refractivity contribution in [2.45, 2.75) is 27.7 Å². The lowest BCUT2D eigenvalue weighted by molar-refractivity contribution is -0.135. The lowest BCUT2D eigenvalue weighted by Crippen LogP contribution is -2.41. The van der Waals surface area contributed by atoms with Crippen molar-refractivity contribution in [3.05, 3.63) is 53.6 Å². The molecule has 2 aromatic carbocycles. The highest BCUT2D eigenvalue weighted by Gasteiger charge is 2.36. The number of hydrogen-bond donors (Lipinski definition) is 2. The van der Waals surface area contributed by atoms with Crippen molar-refractivity contribution in [3.63, 3.8) is 0 Å². The van der Waals surface area contributed by atoms with Crippen LogP contribution in [0.4, 0.5) is 11.4 Å². The number of benzene rings is 2. The number of rotatable bonds is 5. The minimum atomic E-state index is -1.23. The molecule has 0 spiro atoms. The van der Waals surface area contributed by atoms with Gasteiger partial charge in [0.1, 0.15) is 11.2 Å². The van der Waals surface area contributed by atoms with Crippen LogP contribution in [-0.2, 0) is 9.59 Å². The van der Waals surface area contributed by atoms with Crippen LogP contribution in [0.5, 0.6) is 5.75 Å². The van der Waals surface area contributed by atoms with Crippen LogP contribution >= 0.6 is 0 Å². The van der Waals surface area contributed by atoms with Gasteiger partial charge in [-0.1, -0.05) is 18.2 Å². The number of nitrogens with one attached hydrogen (secondary N) is 2. The molecule has 2 rings (SSSR count). The molecule has 132 valence electrons. The molecule has 0 aliphatic carbocycles. The Morgan fingerprint density at radius 2 is 1.40 bits per heavy atom. The topological polar surface area (TPSA) is 67.4 Å². The Balaban J connectivity index is 2.12. The number of hydrogen-bond acceptors (Lipinski definition) is 3. The fourth-order valence-corrected chi connectivity index (χ4v) is 2.35. The highest BCUT2D eigenvalue weighted by Crippen LogP contribution is 2.25. The van der Waals surface area contributed by atoms with Gasteiger partial charge in [0.05, 0.1) is 7.11 Å². The molecule has 0 heterocycles. The van der Waals surface area contributed by atoms with Gasteiger partial charge in [-0.3, -0.25) is 9.59 Å². The molecule has 0 aromatic heterocycles. The summed E-state index contributed by atoms with van der Waals surface area (Å²) in [5, 5.41) is 5.66. The second-order valence-electron chi connectivity index (χ2n) is 6.53. The minimum absolute atomic E-state index is 0.351. The number of anilines is 2. The van der Waals surface area contributed by atoms with E-state index in [-0.39, 0.29) is 11.8 Å². The van der Waals surface area contributed by atoms with Crippen molar-refractivity contribution in [3.8, 4) is 5.75 Å². The first-order chi connectivity index (χ1) is 11.8. The standard InChI is InChI=1S/C20H24N2O3/c1-13-7-6-8-14(2)17(13)22-19(24)20(3,4)18(23)21-15-9-11-16(25-5)12-10-15/h6-12H,1-5H3,(H,21,23)(H,22,24). The average molecular weight is 340 g/mol. The molecule has 0 saturated heterocycles. The SMILES string of the molecule is COc1ccc(NC(=O)C(C)(C)C(=O)Nc2c(C)cccc2C)cc1. The summed E-state index contributed by atoms with van der Waals surface area (Å²) in [5.41, 5.74) is 2.05. The minimum Gasteiger partial charge on any atom is -0.497 e. The first-order valence-electron chi connectivity index (χ1n) is 8.09. The molecular formula is C20H24N2O3. The molecule has 0 unspecified atom stereocenters. The van der Waals surface area contributed by atoms with Gasteiger partial charge >= 0.3 is 0 Å². The van der Waals surface area contributed by atoms with Crippen molar-refractivity contribution < 1.29 is 14.3 Å². The van der Waals surface area contributed by atoms with Gasteiger partial charge in [-0.15, -0.1) is 0 Å². The van der Waals surface area contributed by atoms with Crippen molar-refractivity contribution >= 4 is 23.2 Å². The molecule has 2 N–H and O–H groups in total.